The van der Waals surface area contributed by atoms with Gasteiger partial charge in [0.25, 0.3) is 0 Å². The monoisotopic (exact) mass is 300 g/mol. The van der Waals surface area contributed by atoms with Gasteiger partial charge in [-0.05, 0) is 41.5 Å². The van der Waals surface area contributed by atoms with Crippen LogP contribution >= 0.6 is 0 Å². The van der Waals surface area contributed by atoms with Crippen molar-refractivity contribution in [1.29, 1.82) is 0 Å². The molecule has 2 fully saturated rings. The van der Waals surface area contributed by atoms with Crippen molar-refractivity contribution in [2.45, 2.75) is 78.4 Å². The molecule has 0 spiro atoms. The maximum absolute atomic E-state index is 6.26. The Morgan fingerprint density at radius 1 is 0.714 bits per heavy atom. The van der Waals surface area contributed by atoms with E-state index in [4.69, 9.17) is 14.2 Å². The molecule has 0 aromatic rings. The molecule has 2 saturated heterocycles. The predicted octanol–water partition coefficient (Wildman–Crippen LogP) is 1.91. The van der Waals surface area contributed by atoms with Crippen molar-refractivity contribution < 1.29 is 14.2 Å². The minimum Gasteiger partial charge on any atom is -0.373 e. The molecule has 2 aliphatic heterocycles. The number of morpholine rings is 2. The Balaban J connectivity index is 1.85. The molecule has 2 heterocycles. The highest BCUT2D eigenvalue weighted by Gasteiger charge is 2.30. The second-order valence-electron chi connectivity index (χ2n) is 6.76. The van der Waals surface area contributed by atoms with Gasteiger partial charge in [0, 0.05) is 26.2 Å². The van der Waals surface area contributed by atoms with Crippen LogP contribution in [0.2, 0.25) is 0 Å². The van der Waals surface area contributed by atoms with Gasteiger partial charge in [-0.25, -0.2) is 0 Å². The van der Waals surface area contributed by atoms with E-state index in [1.807, 2.05) is 0 Å². The summed E-state index contributed by atoms with van der Waals surface area (Å²) in [6, 6.07) is 0. The van der Waals surface area contributed by atoms with Crippen molar-refractivity contribution in [3.63, 3.8) is 0 Å². The lowest BCUT2D eigenvalue weighted by Crippen LogP contribution is -2.54. The summed E-state index contributed by atoms with van der Waals surface area (Å²) in [5, 5.41) is 0. The van der Waals surface area contributed by atoms with Crippen LogP contribution in [0.3, 0.4) is 0 Å². The number of ether oxygens (including phenoxy) is 3. The molecule has 0 saturated carbocycles. The normalized spacial score (nSPS) is 39.1. The predicted molar refractivity (Wildman–Crippen MR) is 83.2 cm³/mol. The zero-order valence-electron chi connectivity index (χ0n) is 14.4. The highest BCUT2D eigenvalue weighted by atomic mass is 16.5. The van der Waals surface area contributed by atoms with Gasteiger partial charge >= 0.3 is 0 Å². The molecule has 124 valence electrons. The lowest BCUT2D eigenvalue weighted by atomic mass is 10.2. The van der Waals surface area contributed by atoms with Gasteiger partial charge in [-0.1, -0.05) is 0 Å². The molecule has 0 aromatic heterocycles. The highest BCUT2D eigenvalue weighted by Crippen LogP contribution is 2.18. The molecular weight excluding hydrogens is 268 g/mol. The zero-order valence-corrected chi connectivity index (χ0v) is 14.4. The first kappa shape index (κ1) is 17.2. The summed E-state index contributed by atoms with van der Waals surface area (Å²) < 4.78 is 17.8. The van der Waals surface area contributed by atoms with Gasteiger partial charge in [-0.2, -0.15) is 0 Å². The van der Waals surface area contributed by atoms with Gasteiger partial charge < -0.3 is 14.2 Å². The second-order valence-corrected chi connectivity index (χ2v) is 6.76. The summed E-state index contributed by atoms with van der Waals surface area (Å²) in [6.45, 7) is 16.6. The van der Waals surface area contributed by atoms with Crippen LogP contribution < -0.4 is 0 Å². The van der Waals surface area contributed by atoms with Crippen molar-refractivity contribution in [3.05, 3.63) is 0 Å². The Hall–Kier alpha value is -0.200. The van der Waals surface area contributed by atoms with E-state index < -0.39 is 0 Å². The van der Waals surface area contributed by atoms with Crippen LogP contribution in [0.15, 0.2) is 0 Å². The lowest BCUT2D eigenvalue weighted by molar-refractivity contribution is -0.195. The summed E-state index contributed by atoms with van der Waals surface area (Å²) >= 11 is 0. The zero-order chi connectivity index (χ0) is 15.6. The summed E-state index contributed by atoms with van der Waals surface area (Å²) in [5.41, 5.74) is 0. The fourth-order valence-electron chi connectivity index (χ4n) is 3.49. The molecule has 0 aliphatic carbocycles. The third kappa shape index (κ3) is 4.89. The van der Waals surface area contributed by atoms with Crippen LogP contribution in [0.4, 0.5) is 0 Å². The quantitative estimate of drug-likeness (QED) is 0.792. The second kappa shape index (κ2) is 7.38. The van der Waals surface area contributed by atoms with Gasteiger partial charge in [0.15, 0.2) is 0 Å². The first-order valence-corrected chi connectivity index (χ1v) is 8.29. The van der Waals surface area contributed by atoms with Crippen LogP contribution in [0.25, 0.3) is 0 Å². The van der Waals surface area contributed by atoms with Crippen molar-refractivity contribution in [1.82, 2.24) is 9.80 Å². The summed E-state index contributed by atoms with van der Waals surface area (Å²) in [4.78, 5) is 4.76. The third-order valence-electron chi connectivity index (χ3n) is 4.32. The molecule has 6 atom stereocenters. The van der Waals surface area contributed by atoms with E-state index in [9.17, 15) is 0 Å². The molecule has 0 radical (unpaired) electrons. The molecule has 5 nitrogen and oxygen atoms in total. The van der Waals surface area contributed by atoms with Crippen LogP contribution in [0.1, 0.15) is 41.5 Å². The molecule has 6 unspecified atom stereocenters. The van der Waals surface area contributed by atoms with E-state index >= 15 is 0 Å². The molecule has 0 bridgehead atoms. The van der Waals surface area contributed by atoms with Crippen LogP contribution in [-0.2, 0) is 14.2 Å². The smallest absolute Gasteiger partial charge is 0.110 e. The minimum atomic E-state index is 0.113. The van der Waals surface area contributed by atoms with Gasteiger partial charge in [0.05, 0.1) is 24.4 Å². The third-order valence-corrected chi connectivity index (χ3v) is 4.32. The summed E-state index contributed by atoms with van der Waals surface area (Å²) in [7, 11) is 0. The molecule has 0 amide bonds. The largest absolute Gasteiger partial charge is 0.373 e. The van der Waals surface area contributed by atoms with Crippen molar-refractivity contribution in [3.8, 4) is 0 Å². The van der Waals surface area contributed by atoms with E-state index in [0.717, 1.165) is 26.2 Å². The van der Waals surface area contributed by atoms with Gasteiger partial charge in [0.1, 0.15) is 12.5 Å². The molecule has 21 heavy (non-hydrogen) atoms. The lowest BCUT2D eigenvalue weighted by Gasteiger charge is -2.43. The topological polar surface area (TPSA) is 34.2 Å². The van der Waals surface area contributed by atoms with E-state index in [2.05, 4.69) is 51.3 Å². The molecule has 5 heteroatoms. The maximum atomic E-state index is 6.26. The van der Waals surface area contributed by atoms with Crippen molar-refractivity contribution >= 4 is 0 Å². The van der Waals surface area contributed by atoms with E-state index in [1.54, 1.807) is 0 Å². The Morgan fingerprint density at radius 3 is 1.29 bits per heavy atom. The molecule has 2 aliphatic rings. The fraction of sp³-hybridized carbons (Fsp3) is 1.00. The Labute approximate surface area is 129 Å². The molecular formula is C16H32N2O3. The standard InChI is InChI=1S/C16H32N2O3/c1-11-7-17(8-12(2)19-11)15(5)21-16(6)18-9-13(3)20-14(4)10-18/h11-16H,7-10H2,1-6H3. The number of hydrogen-bond donors (Lipinski definition) is 0. The van der Waals surface area contributed by atoms with Crippen LogP contribution in [0.5, 0.6) is 0 Å². The number of rotatable bonds is 4. The fourth-order valence-corrected chi connectivity index (χ4v) is 3.49. The summed E-state index contributed by atoms with van der Waals surface area (Å²) in [6.07, 6.45) is 1.33. The summed E-state index contributed by atoms with van der Waals surface area (Å²) in [5.74, 6) is 0. The van der Waals surface area contributed by atoms with Gasteiger partial charge in [-0.15, -0.1) is 0 Å². The first-order chi connectivity index (χ1) is 9.85. The van der Waals surface area contributed by atoms with Crippen molar-refractivity contribution in [2.75, 3.05) is 26.2 Å². The Kier molecular flexibility index (Phi) is 6.03. The van der Waals surface area contributed by atoms with E-state index in [0.29, 0.717) is 0 Å². The first-order valence-electron chi connectivity index (χ1n) is 8.29. The van der Waals surface area contributed by atoms with Gasteiger partial charge in [0.2, 0.25) is 0 Å². The molecule has 0 aromatic carbocycles. The Morgan fingerprint density at radius 2 is 1.00 bits per heavy atom. The average Bonchev–Trinajstić information content (AvgIpc) is 2.36. The maximum Gasteiger partial charge on any atom is 0.110 e. The van der Waals surface area contributed by atoms with Crippen molar-refractivity contribution in [2.24, 2.45) is 0 Å². The Bertz CT molecular complexity index is 279. The SMILES string of the molecule is CC1CN(C(C)OC(C)N2CC(C)OC(C)C2)CC(C)O1. The molecule has 2 rings (SSSR count). The van der Waals surface area contributed by atoms with E-state index in [1.165, 1.54) is 0 Å². The number of hydrogen-bond acceptors (Lipinski definition) is 5. The van der Waals surface area contributed by atoms with E-state index in [-0.39, 0.29) is 36.9 Å². The van der Waals surface area contributed by atoms with Crippen LogP contribution in [-0.4, -0.2) is 72.9 Å². The molecule has 0 N–H and O–H groups in total. The van der Waals surface area contributed by atoms with Crippen LogP contribution in [0, 0.1) is 0 Å². The highest BCUT2D eigenvalue weighted by molar-refractivity contribution is 4.77. The number of nitrogens with zero attached hydrogens (tertiary/aromatic N) is 2. The average molecular weight is 300 g/mol. The van der Waals surface area contributed by atoms with Gasteiger partial charge in [-0.3, -0.25) is 9.80 Å². The minimum absolute atomic E-state index is 0.113.